The number of alkyl halides is 6. The van der Waals surface area contributed by atoms with Crippen molar-refractivity contribution < 1.29 is 26.3 Å². The van der Waals surface area contributed by atoms with E-state index in [-0.39, 0.29) is 0 Å². The zero-order chi connectivity index (χ0) is 16.8. The number of nitrogens with zero attached hydrogens (tertiary/aromatic N) is 1. The third kappa shape index (κ3) is 3.17. The molecule has 0 saturated heterocycles. The number of thiazole rings is 1. The number of hydrogen-bond acceptors (Lipinski definition) is 2. The lowest BCUT2D eigenvalue weighted by molar-refractivity contribution is -0.138. The second-order valence-corrected chi connectivity index (χ2v) is 5.81. The van der Waals surface area contributed by atoms with E-state index in [1.165, 1.54) is 18.2 Å². The fourth-order valence-electron chi connectivity index (χ4n) is 2.03. The van der Waals surface area contributed by atoms with E-state index in [4.69, 9.17) is 0 Å². The van der Waals surface area contributed by atoms with E-state index in [9.17, 15) is 26.3 Å². The molecule has 23 heavy (non-hydrogen) atoms. The largest absolute Gasteiger partial charge is 0.416 e. The van der Waals surface area contributed by atoms with Crippen LogP contribution in [-0.2, 0) is 12.4 Å². The van der Waals surface area contributed by atoms with Gasteiger partial charge in [-0.2, -0.15) is 26.3 Å². The van der Waals surface area contributed by atoms with Gasteiger partial charge in [-0.25, -0.2) is 4.98 Å². The van der Waals surface area contributed by atoms with Gasteiger partial charge in [-0.3, -0.25) is 0 Å². The fourth-order valence-corrected chi connectivity index (χ4v) is 3.04. The highest BCUT2D eigenvalue weighted by molar-refractivity contribution is 7.21. The second kappa shape index (κ2) is 5.23. The lowest BCUT2D eigenvalue weighted by atomic mass is 10.1. The molecule has 0 saturated carbocycles. The molecule has 0 spiro atoms. The first-order chi connectivity index (χ1) is 10.6. The molecule has 0 unspecified atom stereocenters. The van der Waals surface area contributed by atoms with E-state index in [2.05, 4.69) is 4.98 Å². The van der Waals surface area contributed by atoms with Crippen molar-refractivity contribution in [2.24, 2.45) is 0 Å². The Labute approximate surface area is 130 Å². The van der Waals surface area contributed by atoms with Crippen molar-refractivity contribution in [1.29, 1.82) is 0 Å². The summed E-state index contributed by atoms with van der Waals surface area (Å²) in [6, 6.07) is 7.52. The van der Waals surface area contributed by atoms with E-state index < -0.39 is 23.5 Å². The van der Waals surface area contributed by atoms with Gasteiger partial charge in [-0.15, -0.1) is 11.3 Å². The van der Waals surface area contributed by atoms with Gasteiger partial charge in [0.1, 0.15) is 5.01 Å². The van der Waals surface area contributed by atoms with Crippen LogP contribution >= 0.6 is 11.3 Å². The molecule has 1 aromatic heterocycles. The molecule has 0 fully saturated rings. The summed E-state index contributed by atoms with van der Waals surface area (Å²) >= 11 is 1.00. The Kier molecular flexibility index (Phi) is 3.59. The van der Waals surface area contributed by atoms with Crippen molar-refractivity contribution in [2.45, 2.75) is 12.4 Å². The van der Waals surface area contributed by atoms with Gasteiger partial charge in [0.25, 0.3) is 0 Å². The average Bonchev–Trinajstić information content (AvgIpc) is 2.88. The normalized spacial score (nSPS) is 12.8. The van der Waals surface area contributed by atoms with Crippen LogP contribution in [0, 0.1) is 0 Å². The first-order valence-corrected chi connectivity index (χ1v) is 7.12. The number of halogens is 6. The van der Waals surface area contributed by atoms with Crippen LogP contribution in [0.2, 0.25) is 0 Å². The minimum atomic E-state index is -4.45. The molecule has 1 nitrogen and oxygen atoms in total. The molecule has 0 aliphatic carbocycles. The second-order valence-electron chi connectivity index (χ2n) is 4.77. The van der Waals surface area contributed by atoms with Gasteiger partial charge in [0, 0.05) is 5.56 Å². The van der Waals surface area contributed by atoms with Crippen LogP contribution in [0.15, 0.2) is 42.5 Å². The van der Waals surface area contributed by atoms with Gasteiger partial charge in [0.05, 0.1) is 21.3 Å². The standard InChI is InChI=1S/C15H7F6NS/c16-14(17,18)9-3-1-8(2-4-9)13-22-11-6-5-10(15(19,20)21)7-12(11)23-13/h1-7H. The molecule has 0 radical (unpaired) electrons. The molecule has 3 aromatic rings. The van der Waals surface area contributed by atoms with Gasteiger partial charge in [0.15, 0.2) is 0 Å². The van der Waals surface area contributed by atoms with Crippen molar-refractivity contribution in [3.05, 3.63) is 53.6 Å². The Balaban J connectivity index is 2.00. The molecule has 2 aromatic carbocycles. The van der Waals surface area contributed by atoms with Crippen LogP contribution < -0.4 is 0 Å². The van der Waals surface area contributed by atoms with Crippen LogP contribution in [0.3, 0.4) is 0 Å². The third-order valence-corrected chi connectivity index (χ3v) is 4.24. The molecule has 120 valence electrons. The molecule has 0 N–H and O–H groups in total. The summed E-state index contributed by atoms with van der Waals surface area (Å²) in [4.78, 5) is 4.17. The Morgan fingerprint density at radius 1 is 0.739 bits per heavy atom. The summed E-state index contributed by atoms with van der Waals surface area (Å²) < 4.78 is 75.9. The Hall–Kier alpha value is -2.09. The number of benzene rings is 2. The summed E-state index contributed by atoms with van der Waals surface area (Å²) in [5, 5.41) is 0.369. The number of aromatic nitrogens is 1. The van der Waals surface area contributed by atoms with Gasteiger partial charge < -0.3 is 0 Å². The highest BCUT2D eigenvalue weighted by Gasteiger charge is 2.31. The smallest absolute Gasteiger partial charge is 0.236 e. The average molecular weight is 347 g/mol. The predicted molar refractivity (Wildman–Crippen MR) is 75.1 cm³/mol. The highest BCUT2D eigenvalue weighted by atomic mass is 32.1. The molecule has 0 aliphatic rings. The molecular formula is C15H7F6NS. The fraction of sp³-hybridized carbons (Fsp3) is 0.133. The lowest BCUT2D eigenvalue weighted by Gasteiger charge is -2.06. The van der Waals surface area contributed by atoms with E-state index >= 15 is 0 Å². The van der Waals surface area contributed by atoms with E-state index in [1.54, 1.807) is 0 Å². The number of fused-ring (bicyclic) bond motifs is 1. The van der Waals surface area contributed by atoms with Crippen molar-refractivity contribution in [2.75, 3.05) is 0 Å². The van der Waals surface area contributed by atoms with Crippen molar-refractivity contribution in [3.8, 4) is 10.6 Å². The first-order valence-electron chi connectivity index (χ1n) is 6.30. The molecule has 0 amide bonds. The van der Waals surface area contributed by atoms with Crippen LogP contribution in [-0.4, -0.2) is 4.98 Å². The minimum Gasteiger partial charge on any atom is -0.236 e. The minimum absolute atomic E-state index is 0.328. The summed E-state index contributed by atoms with van der Waals surface area (Å²) in [6.07, 6.45) is -8.89. The van der Waals surface area contributed by atoms with E-state index in [0.29, 0.717) is 20.8 Å². The summed E-state index contributed by atoms with van der Waals surface area (Å²) in [5.74, 6) is 0. The van der Waals surface area contributed by atoms with Crippen LogP contribution in [0.1, 0.15) is 11.1 Å². The molecule has 3 rings (SSSR count). The highest BCUT2D eigenvalue weighted by Crippen LogP contribution is 2.36. The van der Waals surface area contributed by atoms with Gasteiger partial charge in [-0.05, 0) is 30.3 Å². The van der Waals surface area contributed by atoms with Crippen molar-refractivity contribution >= 4 is 21.6 Å². The molecule has 1 heterocycles. The van der Waals surface area contributed by atoms with Crippen LogP contribution in [0.5, 0.6) is 0 Å². The Morgan fingerprint density at radius 3 is 1.87 bits per heavy atom. The van der Waals surface area contributed by atoms with Gasteiger partial charge in [-0.1, -0.05) is 12.1 Å². The van der Waals surface area contributed by atoms with Crippen LogP contribution in [0.4, 0.5) is 26.3 Å². The molecular weight excluding hydrogens is 340 g/mol. The Bertz CT molecular complexity index is 845. The lowest BCUT2D eigenvalue weighted by Crippen LogP contribution is -2.03. The molecule has 0 atom stereocenters. The van der Waals surface area contributed by atoms with E-state index in [1.807, 2.05) is 0 Å². The zero-order valence-corrected chi connectivity index (χ0v) is 12.0. The van der Waals surface area contributed by atoms with E-state index in [0.717, 1.165) is 35.6 Å². The predicted octanol–water partition coefficient (Wildman–Crippen LogP) is 6.00. The SMILES string of the molecule is FC(F)(F)c1ccc(-c2nc3ccc(C(F)(F)F)cc3s2)cc1. The van der Waals surface area contributed by atoms with Crippen molar-refractivity contribution in [3.63, 3.8) is 0 Å². The van der Waals surface area contributed by atoms with Gasteiger partial charge >= 0.3 is 12.4 Å². The maximum atomic E-state index is 12.7. The Morgan fingerprint density at radius 2 is 1.30 bits per heavy atom. The summed E-state index contributed by atoms with van der Waals surface area (Å²) in [5.41, 5.74) is -0.778. The topological polar surface area (TPSA) is 12.9 Å². The summed E-state index contributed by atoms with van der Waals surface area (Å²) in [7, 11) is 0. The number of rotatable bonds is 1. The summed E-state index contributed by atoms with van der Waals surface area (Å²) in [6.45, 7) is 0. The first kappa shape index (κ1) is 15.8. The number of hydrogen-bond donors (Lipinski definition) is 0. The maximum Gasteiger partial charge on any atom is 0.416 e. The maximum absolute atomic E-state index is 12.7. The quantitative estimate of drug-likeness (QED) is 0.492. The molecule has 0 bridgehead atoms. The zero-order valence-electron chi connectivity index (χ0n) is 11.2. The third-order valence-electron chi connectivity index (χ3n) is 3.17. The van der Waals surface area contributed by atoms with Gasteiger partial charge in [0.2, 0.25) is 0 Å². The van der Waals surface area contributed by atoms with Crippen LogP contribution in [0.25, 0.3) is 20.8 Å². The monoisotopic (exact) mass is 347 g/mol. The van der Waals surface area contributed by atoms with Crippen molar-refractivity contribution in [1.82, 2.24) is 4.98 Å². The molecule has 0 aliphatic heterocycles. The molecule has 8 heteroatoms.